The first-order valence-corrected chi connectivity index (χ1v) is 6.80. The van der Waals surface area contributed by atoms with Crippen LogP contribution in [-0.2, 0) is 4.74 Å². The van der Waals surface area contributed by atoms with E-state index in [4.69, 9.17) is 10.5 Å². The predicted molar refractivity (Wildman–Crippen MR) is 73.2 cm³/mol. The van der Waals surface area contributed by atoms with Crippen molar-refractivity contribution >= 4 is 0 Å². The van der Waals surface area contributed by atoms with Crippen LogP contribution in [-0.4, -0.2) is 18.9 Å². The number of alkyl halides is 3. The van der Waals surface area contributed by atoms with Crippen LogP contribution in [0.15, 0.2) is 30.3 Å². The molecule has 0 bridgehead atoms. The summed E-state index contributed by atoms with van der Waals surface area (Å²) >= 11 is 0. The molecule has 114 valence electrons. The highest BCUT2D eigenvalue weighted by Crippen LogP contribution is 2.24. The zero-order chi connectivity index (χ0) is 15.2. The number of ether oxygens (including phenoxy) is 1. The molecule has 5 heteroatoms. The molecule has 0 heterocycles. The van der Waals surface area contributed by atoms with Crippen molar-refractivity contribution in [3.63, 3.8) is 0 Å². The molecule has 1 aromatic rings. The monoisotopic (exact) mass is 289 g/mol. The van der Waals surface area contributed by atoms with Crippen LogP contribution in [0.25, 0.3) is 0 Å². The van der Waals surface area contributed by atoms with E-state index in [0.717, 1.165) is 5.56 Å². The second-order valence-corrected chi connectivity index (χ2v) is 5.23. The molecule has 0 spiro atoms. The number of nitrogens with two attached hydrogens (primary N) is 1. The zero-order valence-corrected chi connectivity index (χ0v) is 11.9. The van der Waals surface area contributed by atoms with Gasteiger partial charge in [-0.15, -0.1) is 0 Å². The third-order valence-corrected chi connectivity index (χ3v) is 3.11. The van der Waals surface area contributed by atoms with Crippen LogP contribution in [0.4, 0.5) is 13.2 Å². The van der Waals surface area contributed by atoms with Gasteiger partial charge in [0, 0.05) is 13.0 Å². The average molecular weight is 289 g/mol. The van der Waals surface area contributed by atoms with Gasteiger partial charge in [0.05, 0.1) is 12.1 Å². The molecule has 2 atom stereocenters. The quantitative estimate of drug-likeness (QED) is 0.768. The Labute approximate surface area is 118 Å². The van der Waals surface area contributed by atoms with Crippen LogP contribution in [0.2, 0.25) is 0 Å². The van der Waals surface area contributed by atoms with E-state index < -0.39 is 12.6 Å². The third-order valence-electron chi connectivity index (χ3n) is 3.11. The number of rotatable bonds is 7. The zero-order valence-electron chi connectivity index (χ0n) is 11.9. The van der Waals surface area contributed by atoms with Gasteiger partial charge < -0.3 is 10.5 Å². The van der Waals surface area contributed by atoms with Gasteiger partial charge in [0.25, 0.3) is 0 Å². The summed E-state index contributed by atoms with van der Waals surface area (Å²) in [6.07, 6.45) is -5.27. The summed E-state index contributed by atoms with van der Waals surface area (Å²) in [5.74, 6) is 0.135. The van der Waals surface area contributed by atoms with E-state index >= 15 is 0 Å². The lowest BCUT2D eigenvalue weighted by Crippen LogP contribution is -2.33. The Kier molecular flexibility index (Phi) is 6.49. The lowest BCUT2D eigenvalue weighted by Gasteiger charge is -2.28. The Balaban J connectivity index is 2.53. The highest BCUT2D eigenvalue weighted by Gasteiger charge is 2.27. The summed E-state index contributed by atoms with van der Waals surface area (Å²) < 4.78 is 41.8. The fourth-order valence-electron chi connectivity index (χ4n) is 2.07. The molecule has 0 radical (unpaired) electrons. The summed E-state index contributed by atoms with van der Waals surface area (Å²) in [5.41, 5.74) is 7.09. The highest BCUT2D eigenvalue weighted by atomic mass is 19.4. The molecule has 0 fully saturated rings. The van der Waals surface area contributed by atoms with Crippen LogP contribution in [0.3, 0.4) is 0 Å². The molecule has 2 N–H and O–H groups in total. The smallest absolute Gasteiger partial charge is 0.376 e. The fourth-order valence-corrected chi connectivity index (χ4v) is 2.07. The number of halogens is 3. The predicted octanol–water partition coefficient (Wildman–Crippen LogP) is 4.07. The van der Waals surface area contributed by atoms with Crippen molar-refractivity contribution in [1.29, 1.82) is 0 Å². The van der Waals surface area contributed by atoms with E-state index in [1.54, 1.807) is 0 Å². The normalized spacial score (nSPS) is 15.3. The minimum atomic E-state index is -4.13. The van der Waals surface area contributed by atoms with Gasteiger partial charge in [-0.2, -0.15) is 13.2 Å². The van der Waals surface area contributed by atoms with Crippen LogP contribution in [0.1, 0.15) is 38.3 Å². The van der Waals surface area contributed by atoms with Crippen molar-refractivity contribution in [1.82, 2.24) is 0 Å². The van der Waals surface area contributed by atoms with Gasteiger partial charge >= 0.3 is 6.18 Å². The molecule has 0 aliphatic carbocycles. The third kappa shape index (κ3) is 5.92. The molecule has 0 aliphatic rings. The maximum atomic E-state index is 12.1. The Morgan fingerprint density at radius 1 is 1.15 bits per heavy atom. The lowest BCUT2D eigenvalue weighted by atomic mass is 9.94. The molecular formula is C15H22F3NO. The Morgan fingerprint density at radius 2 is 1.75 bits per heavy atom. The second kappa shape index (κ2) is 7.64. The van der Waals surface area contributed by atoms with Crippen molar-refractivity contribution in [2.24, 2.45) is 11.7 Å². The SMILES string of the molecule is CC(C)C(OCCCC(F)(F)F)C(N)c1ccccc1. The molecule has 20 heavy (non-hydrogen) atoms. The van der Waals surface area contributed by atoms with E-state index in [2.05, 4.69) is 0 Å². The van der Waals surface area contributed by atoms with E-state index in [-0.39, 0.29) is 31.1 Å². The summed E-state index contributed by atoms with van der Waals surface area (Å²) in [7, 11) is 0. The highest BCUT2D eigenvalue weighted by molar-refractivity contribution is 5.19. The molecule has 2 nitrogen and oxygen atoms in total. The minimum absolute atomic E-state index is 0.0335. The largest absolute Gasteiger partial charge is 0.389 e. The van der Waals surface area contributed by atoms with Gasteiger partial charge in [-0.3, -0.25) is 0 Å². The summed E-state index contributed by atoms with van der Waals surface area (Å²) in [5, 5.41) is 0. The van der Waals surface area contributed by atoms with Gasteiger partial charge in [0.15, 0.2) is 0 Å². The molecule has 0 saturated carbocycles. The first kappa shape index (κ1) is 17.0. The van der Waals surface area contributed by atoms with E-state index in [1.165, 1.54) is 0 Å². The summed E-state index contributed by atoms with van der Waals surface area (Å²) in [6.45, 7) is 3.98. The van der Waals surface area contributed by atoms with Gasteiger partial charge in [-0.1, -0.05) is 44.2 Å². The molecule has 1 aromatic carbocycles. The topological polar surface area (TPSA) is 35.2 Å². The molecule has 0 saturated heterocycles. The standard InChI is InChI=1S/C15H22F3NO/c1-11(2)14(20-10-6-9-15(16,17)18)13(19)12-7-4-3-5-8-12/h3-5,7-8,11,13-14H,6,9-10,19H2,1-2H3. The average Bonchev–Trinajstić information content (AvgIpc) is 2.37. The van der Waals surface area contributed by atoms with Crippen molar-refractivity contribution < 1.29 is 17.9 Å². The maximum absolute atomic E-state index is 12.1. The van der Waals surface area contributed by atoms with Crippen molar-refractivity contribution in [2.75, 3.05) is 6.61 Å². The van der Waals surface area contributed by atoms with Crippen molar-refractivity contribution in [3.05, 3.63) is 35.9 Å². The van der Waals surface area contributed by atoms with Crippen LogP contribution >= 0.6 is 0 Å². The molecule has 2 unspecified atom stereocenters. The summed E-state index contributed by atoms with van der Waals surface area (Å²) in [4.78, 5) is 0. The Bertz CT molecular complexity index is 378. The van der Waals surface area contributed by atoms with Crippen LogP contribution in [0, 0.1) is 5.92 Å². The first-order chi connectivity index (χ1) is 9.31. The van der Waals surface area contributed by atoms with Crippen LogP contribution < -0.4 is 5.73 Å². The van der Waals surface area contributed by atoms with Gasteiger partial charge in [-0.25, -0.2) is 0 Å². The van der Waals surface area contributed by atoms with Crippen molar-refractivity contribution in [3.8, 4) is 0 Å². The molecule has 0 amide bonds. The minimum Gasteiger partial charge on any atom is -0.376 e. The van der Waals surface area contributed by atoms with Crippen molar-refractivity contribution in [2.45, 2.75) is 45.0 Å². The lowest BCUT2D eigenvalue weighted by molar-refractivity contribution is -0.139. The Morgan fingerprint density at radius 3 is 2.25 bits per heavy atom. The molecule has 1 rings (SSSR count). The molecule has 0 aromatic heterocycles. The van der Waals surface area contributed by atoms with E-state index in [9.17, 15) is 13.2 Å². The fraction of sp³-hybridized carbons (Fsp3) is 0.600. The van der Waals surface area contributed by atoms with Gasteiger partial charge in [0.1, 0.15) is 0 Å². The number of benzene rings is 1. The second-order valence-electron chi connectivity index (χ2n) is 5.23. The number of hydrogen-bond acceptors (Lipinski definition) is 2. The first-order valence-electron chi connectivity index (χ1n) is 6.80. The van der Waals surface area contributed by atoms with Gasteiger partial charge in [0.2, 0.25) is 0 Å². The van der Waals surface area contributed by atoms with E-state index in [1.807, 2.05) is 44.2 Å². The Hall–Kier alpha value is -1.07. The van der Waals surface area contributed by atoms with E-state index in [0.29, 0.717) is 0 Å². The molecule has 0 aliphatic heterocycles. The number of hydrogen-bond donors (Lipinski definition) is 1. The van der Waals surface area contributed by atoms with Crippen LogP contribution in [0.5, 0.6) is 0 Å². The molecular weight excluding hydrogens is 267 g/mol. The summed E-state index contributed by atoms with van der Waals surface area (Å²) in [6, 6.07) is 9.14. The van der Waals surface area contributed by atoms with Gasteiger partial charge in [-0.05, 0) is 17.9 Å². The maximum Gasteiger partial charge on any atom is 0.389 e.